The van der Waals surface area contributed by atoms with Crippen LogP contribution in [-0.2, 0) is 11.3 Å². The molecular weight excluding hydrogens is 380 g/mol. The molecule has 0 unspecified atom stereocenters. The molecule has 1 amide bonds. The van der Waals surface area contributed by atoms with Gasteiger partial charge in [-0.1, -0.05) is 41.9 Å². The van der Waals surface area contributed by atoms with Crippen LogP contribution in [0.5, 0.6) is 0 Å². The van der Waals surface area contributed by atoms with E-state index >= 15 is 0 Å². The molecular formula is C20H17ClN4O3. The average molecular weight is 397 g/mol. The molecule has 28 heavy (non-hydrogen) atoms. The first-order valence-electron chi connectivity index (χ1n) is 8.36. The van der Waals surface area contributed by atoms with E-state index in [4.69, 9.17) is 11.6 Å². The van der Waals surface area contributed by atoms with Crippen LogP contribution < -0.4 is 10.6 Å². The van der Waals surface area contributed by atoms with Crippen molar-refractivity contribution in [3.05, 3.63) is 82.6 Å². The Balaban J connectivity index is 1.65. The Morgan fingerprint density at radius 1 is 1.04 bits per heavy atom. The van der Waals surface area contributed by atoms with Crippen molar-refractivity contribution in [2.24, 2.45) is 0 Å². The van der Waals surface area contributed by atoms with E-state index < -0.39 is 11.9 Å². The summed E-state index contributed by atoms with van der Waals surface area (Å²) in [7, 11) is 1.28. The summed E-state index contributed by atoms with van der Waals surface area (Å²) in [6, 6.07) is 14.3. The highest BCUT2D eigenvalue weighted by atomic mass is 35.5. The number of aromatic nitrogens is 2. The van der Waals surface area contributed by atoms with Gasteiger partial charge in [-0.2, -0.15) is 0 Å². The molecule has 0 atom stereocenters. The Morgan fingerprint density at radius 3 is 2.43 bits per heavy atom. The van der Waals surface area contributed by atoms with Gasteiger partial charge in [0.2, 0.25) is 5.95 Å². The Kier molecular flexibility index (Phi) is 6.18. The first kappa shape index (κ1) is 19.3. The molecule has 0 radical (unpaired) electrons. The number of halogens is 1. The normalized spacial score (nSPS) is 10.2. The lowest BCUT2D eigenvalue weighted by atomic mass is 10.2. The van der Waals surface area contributed by atoms with Crippen LogP contribution >= 0.6 is 11.6 Å². The number of carbonyl (C=O) groups excluding carboxylic acids is 2. The highest BCUT2D eigenvalue weighted by Gasteiger charge is 2.13. The third kappa shape index (κ3) is 4.83. The van der Waals surface area contributed by atoms with Crippen molar-refractivity contribution in [1.82, 2.24) is 9.97 Å². The molecule has 0 saturated heterocycles. The zero-order valence-corrected chi connectivity index (χ0v) is 15.7. The fourth-order valence-corrected chi connectivity index (χ4v) is 2.54. The van der Waals surface area contributed by atoms with Crippen molar-refractivity contribution in [1.29, 1.82) is 0 Å². The van der Waals surface area contributed by atoms with E-state index in [1.54, 1.807) is 0 Å². The molecule has 0 spiro atoms. The molecule has 7 nitrogen and oxygen atoms in total. The maximum absolute atomic E-state index is 12.4. The molecule has 1 aromatic heterocycles. The number of rotatable bonds is 6. The van der Waals surface area contributed by atoms with Crippen molar-refractivity contribution in [2.45, 2.75) is 6.54 Å². The van der Waals surface area contributed by atoms with Gasteiger partial charge in [0.05, 0.1) is 28.9 Å². The van der Waals surface area contributed by atoms with Crippen LogP contribution in [0.4, 0.5) is 11.6 Å². The molecule has 142 valence electrons. The molecule has 0 fully saturated rings. The van der Waals surface area contributed by atoms with Crippen molar-refractivity contribution in [2.75, 3.05) is 17.7 Å². The first-order valence-corrected chi connectivity index (χ1v) is 8.73. The summed E-state index contributed by atoms with van der Waals surface area (Å²) in [4.78, 5) is 32.3. The number of nitrogens with one attached hydrogen (secondary N) is 2. The van der Waals surface area contributed by atoms with E-state index in [0.29, 0.717) is 23.2 Å². The molecule has 0 saturated carbocycles. The molecule has 0 aliphatic rings. The van der Waals surface area contributed by atoms with Crippen LogP contribution in [0.1, 0.15) is 26.3 Å². The first-order chi connectivity index (χ1) is 13.6. The molecule has 0 aliphatic carbocycles. The van der Waals surface area contributed by atoms with Crippen LogP contribution in [0.2, 0.25) is 5.02 Å². The lowest BCUT2D eigenvalue weighted by Crippen LogP contribution is -2.14. The minimum absolute atomic E-state index is 0.254. The quantitative estimate of drug-likeness (QED) is 0.616. The largest absolute Gasteiger partial charge is 0.465 e. The van der Waals surface area contributed by atoms with E-state index in [0.717, 1.165) is 5.56 Å². The number of hydrogen-bond donors (Lipinski definition) is 2. The molecule has 0 bridgehead atoms. The van der Waals surface area contributed by atoms with Crippen LogP contribution in [-0.4, -0.2) is 29.0 Å². The highest BCUT2D eigenvalue weighted by Crippen LogP contribution is 2.24. The zero-order valence-electron chi connectivity index (χ0n) is 15.0. The maximum atomic E-state index is 12.4. The van der Waals surface area contributed by atoms with Crippen molar-refractivity contribution in [3.8, 4) is 0 Å². The Morgan fingerprint density at radius 2 is 1.75 bits per heavy atom. The summed E-state index contributed by atoms with van der Waals surface area (Å²) in [5.74, 6) is -0.561. The molecule has 3 aromatic rings. The van der Waals surface area contributed by atoms with Gasteiger partial charge in [0.15, 0.2) is 0 Å². The van der Waals surface area contributed by atoms with Crippen molar-refractivity contribution < 1.29 is 14.3 Å². The number of ether oxygens (including phenoxy) is 1. The summed E-state index contributed by atoms with van der Waals surface area (Å²) in [5.41, 5.74) is 1.91. The molecule has 3 rings (SSSR count). The van der Waals surface area contributed by atoms with Gasteiger partial charge < -0.3 is 15.4 Å². The van der Waals surface area contributed by atoms with Gasteiger partial charge in [-0.15, -0.1) is 0 Å². The van der Waals surface area contributed by atoms with Crippen LogP contribution in [0, 0.1) is 0 Å². The number of hydrogen-bond acceptors (Lipinski definition) is 6. The lowest BCUT2D eigenvalue weighted by molar-refractivity contribution is 0.0600. The van der Waals surface area contributed by atoms with Gasteiger partial charge in [0.1, 0.15) is 0 Å². The van der Waals surface area contributed by atoms with Crippen LogP contribution in [0.15, 0.2) is 60.9 Å². The highest BCUT2D eigenvalue weighted by molar-refractivity contribution is 6.34. The van der Waals surface area contributed by atoms with Gasteiger partial charge in [-0.3, -0.25) is 4.79 Å². The van der Waals surface area contributed by atoms with Gasteiger partial charge in [0, 0.05) is 18.9 Å². The molecule has 2 aromatic carbocycles. The summed E-state index contributed by atoms with van der Waals surface area (Å²) in [6.45, 7) is 0.572. The van der Waals surface area contributed by atoms with Gasteiger partial charge in [-0.05, 0) is 23.8 Å². The predicted molar refractivity (Wildman–Crippen MR) is 107 cm³/mol. The standard InChI is InChI=1S/C20H17ClN4O3/c1-28-19(27)14-7-8-16(21)17(9-14)25-18(26)15-11-23-20(24-12-15)22-10-13-5-3-2-4-6-13/h2-9,11-12H,10H2,1H3,(H,25,26)(H,22,23,24). The lowest BCUT2D eigenvalue weighted by Gasteiger charge is -2.09. The monoisotopic (exact) mass is 396 g/mol. The topological polar surface area (TPSA) is 93.2 Å². The van der Waals surface area contributed by atoms with Gasteiger partial charge in [0.25, 0.3) is 5.91 Å². The molecule has 2 N–H and O–H groups in total. The van der Waals surface area contributed by atoms with E-state index in [1.807, 2.05) is 30.3 Å². The fraction of sp³-hybridized carbons (Fsp3) is 0.100. The van der Waals surface area contributed by atoms with E-state index in [2.05, 4.69) is 25.3 Å². The number of carbonyl (C=O) groups is 2. The fourth-order valence-electron chi connectivity index (χ4n) is 2.37. The zero-order chi connectivity index (χ0) is 19.9. The maximum Gasteiger partial charge on any atom is 0.337 e. The molecule has 1 heterocycles. The van der Waals surface area contributed by atoms with Gasteiger partial charge in [-0.25, -0.2) is 14.8 Å². The number of nitrogens with zero attached hydrogens (tertiary/aromatic N) is 2. The summed E-state index contributed by atoms with van der Waals surface area (Å²) in [6.07, 6.45) is 2.82. The second-order valence-corrected chi connectivity index (χ2v) is 6.18. The number of methoxy groups -OCH3 is 1. The minimum Gasteiger partial charge on any atom is -0.465 e. The summed E-state index contributed by atoms with van der Waals surface area (Å²) in [5, 5.41) is 6.02. The van der Waals surface area contributed by atoms with Crippen molar-refractivity contribution in [3.63, 3.8) is 0 Å². The third-order valence-corrected chi connectivity index (χ3v) is 4.17. The second kappa shape index (κ2) is 8.96. The minimum atomic E-state index is -0.524. The van der Waals surface area contributed by atoms with E-state index in [-0.39, 0.29) is 11.1 Å². The second-order valence-electron chi connectivity index (χ2n) is 5.77. The predicted octanol–water partition coefficient (Wildman–Crippen LogP) is 3.78. The summed E-state index contributed by atoms with van der Waals surface area (Å²) < 4.78 is 4.67. The number of esters is 1. The Bertz CT molecular complexity index is 979. The molecule has 8 heteroatoms. The van der Waals surface area contributed by atoms with Crippen LogP contribution in [0.3, 0.4) is 0 Å². The smallest absolute Gasteiger partial charge is 0.337 e. The molecule has 0 aliphatic heterocycles. The van der Waals surface area contributed by atoms with Gasteiger partial charge >= 0.3 is 5.97 Å². The average Bonchev–Trinajstić information content (AvgIpc) is 2.74. The van der Waals surface area contributed by atoms with Crippen LogP contribution in [0.25, 0.3) is 0 Å². The Labute approximate surface area is 166 Å². The van der Waals surface area contributed by atoms with E-state index in [1.165, 1.54) is 37.7 Å². The SMILES string of the molecule is COC(=O)c1ccc(Cl)c(NC(=O)c2cnc(NCc3ccccc3)nc2)c1. The number of anilines is 2. The van der Waals surface area contributed by atoms with E-state index in [9.17, 15) is 9.59 Å². The Hall–Kier alpha value is -3.45. The third-order valence-electron chi connectivity index (χ3n) is 3.84. The summed E-state index contributed by atoms with van der Waals surface area (Å²) >= 11 is 6.09. The number of benzene rings is 2. The number of amides is 1. The van der Waals surface area contributed by atoms with Crippen molar-refractivity contribution >= 4 is 35.1 Å².